The minimum Gasteiger partial charge on any atom is -0.459 e. The highest BCUT2D eigenvalue weighted by Gasteiger charge is 2.10. The van der Waals surface area contributed by atoms with Crippen LogP contribution in [0.25, 0.3) is 0 Å². The summed E-state index contributed by atoms with van der Waals surface area (Å²) in [5, 5.41) is 13.3. The van der Waals surface area contributed by atoms with Crippen molar-refractivity contribution in [2.45, 2.75) is 32.9 Å². The zero-order valence-electron chi connectivity index (χ0n) is 17.1. The predicted octanol–water partition coefficient (Wildman–Crippen LogP) is 4.13. The van der Waals surface area contributed by atoms with Gasteiger partial charge in [0, 0.05) is 25.3 Å². The van der Waals surface area contributed by atoms with Crippen LogP contribution in [0.5, 0.6) is 0 Å². The first-order valence-corrected chi connectivity index (χ1v) is 9.39. The lowest BCUT2D eigenvalue weighted by Crippen LogP contribution is -2.36. The van der Waals surface area contributed by atoms with E-state index in [1.54, 1.807) is 19.2 Å². The van der Waals surface area contributed by atoms with E-state index in [9.17, 15) is 4.79 Å². The van der Waals surface area contributed by atoms with Gasteiger partial charge in [0.05, 0.1) is 18.5 Å². The van der Waals surface area contributed by atoms with E-state index in [-0.39, 0.29) is 35.6 Å². The first-order valence-electron chi connectivity index (χ1n) is 9.39. The van der Waals surface area contributed by atoms with Crippen LogP contribution in [-0.4, -0.2) is 24.1 Å². The molecule has 0 aliphatic rings. The van der Waals surface area contributed by atoms with Gasteiger partial charge in [-0.25, -0.2) is 0 Å². The number of nitrogens with zero attached hydrogens (tertiary/aromatic N) is 2. The van der Waals surface area contributed by atoms with Crippen molar-refractivity contribution in [3.8, 4) is 0 Å². The standard InChI is InChI=1S/C21H25N5O3.HI/c1-14(2)18-11-17(29-26-18)13-24-21(22-3)23-12-15-6-4-7-16(10-15)25-20(27)19-8-5-9-28-19;/h4-11,14H,12-13H2,1-3H3,(H,25,27)(H2,22,23,24);1H. The predicted molar refractivity (Wildman–Crippen MR) is 126 cm³/mol. The van der Waals surface area contributed by atoms with E-state index in [1.165, 1.54) is 6.26 Å². The summed E-state index contributed by atoms with van der Waals surface area (Å²) in [6.07, 6.45) is 1.47. The molecular weight excluding hydrogens is 497 g/mol. The second kappa shape index (κ2) is 11.4. The number of halogens is 1. The molecule has 9 heteroatoms. The fourth-order valence-corrected chi connectivity index (χ4v) is 2.62. The van der Waals surface area contributed by atoms with Gasteiger partial charge in [-0.1, -0.05) is 31.1 Å². The number of rotatable bonds is 7. The van der Waals surface area contributed by atoms with Crippen molar-refractivity contribution in [1.82, 2.24) is 15.8 Å². The van der Waals surface area contributed by atoms with Crippen LogP contribution in [0, 0.1) is 0 Å². The van der Waals surface area contributed by atoms with E-state index in [0.717, 1.165) is 17.0 Å². The van der Waals surface area contributed by atoms with Gasteiger partial charge in [-0.3, -0.25) is 9.79 Å². The molecule has 3 aromatic rings. The van der Waals surface area contributed by atoms with Gasteiger partial charge >= 0.3 is 0 Å². The van der Waals surface area contributed by atoms with Crippen LogP contribution in [0.3, 0.4) is 0 Å². The first kappa shape index (κ1) is 23.5. The average molecular weight is 523 g/mol. The Morgan fingerprint density at radius 2 is 1.93 bits per heavy atom. The largest absolute Gasteiger partial charge is 0.459 e. The van der Waals surface area contributed by atoms with Gasteiger partial charge in [0.15, 0.2) is 17.5 Å². The van der Waals surface area contributed by atoms with Gasteiger partial charge in [-0.05, 0) is 35.7 Å². The summed E-state index contributed by atoms with van der Waals surface area (Å²) in [4.78, 5) is 16.3. The molecule has 0 aliphatic heterocycles. The number of nitrogens with one attached hydrogen (secondary N) is 3. The lowest BCUT2D eigenvalue weighted by Gasteiger charge is -2.12. The van der Waals surface area contributed by atoms with Gasteiger partial charge in [0.1, 0.15) is 0 Å². The number of hydrogen-bond donors (Lipinski definition) is 3. The molecule has 1 amide bonds. The zero-order chi connectivity index (χ0) is 20.6. The molecule has 0 unspecified atom stereocenters. The summed E-state index contributed by atoms with van der Waals surface area (Å²) in [6, 6.07) is 12.8. The number of carbonyl (C=O) groups is 1. The van der Waals surface area contributed by atoms with E-state index in [2.05, 4.69) is 39.9 Å². The normalized spacial score (nSPS) is 11.1. The van der Waals surface area contributed by atoms with Gasteiger partial charge in [-0.2, -0.15) is 0 Å². The molecule has 0 atom stereocenters. The summed E-state index contributed by atoms with van der Waals surface area (Å²) in [5.74, 6) is 1.69. The van der Waals surface area contributed by atoms with Crippen LogP contribution in [0.1, 0.15) is 47.3 Å². The number of anilines is 1. The van der Waals surface area contributed by atoms with Gasteiger partial charge in [0.25, 0.3) is 5.91 Å². The van der Waals surface area contributed by atoms with Crippen molar-refractivity contribution in [1.29, 1.82) is 0 Å². The van der Waals surface area contributed by atoms with Crippen LogP contribution >= 0.6 is 24.0 Å². The minimum atomic E-state index is -0.287. The van der Waals surface area contributed by atoms with Crippen molar-refractivity contribution in [3.63, 3.8) is 0 Å². The second-order valence-electron chi connectivity index (χ2n) is 6.78. The Bertz CT molecular complexity index is 967. The summed E-state index contributed by atoms with van der Waals surface area (Å²) in [7, 11) is 1.70. The van der Waals surface area contributed by atoms with Gasteiger partial charge < -0.3 is 24.9 Å². The number of furan rings is 1. The Balaban J connectivity index is 0.00000320. The Hall–Kier alpha value is -2.82. The monoisotopic (exact) mass is 523 g/mol. The molecule has 8 nitrogen and oxygen atoms in total. The maximum Gasteiger partial charge on any atom is 0.291 e. The smallest absolute Gasteiger partial charge is 0.291 e. The van der Waals surface area contributed by atoms with E-state index >= 15 is 0 Å². The Morgan fingerprint density at radius 1 is 1.13 bits per heavy atom. The van der Waals surface area contributed by atoms with Crippen molar-refractivity contribution >= 4 is 41.5 Å². The highest BCUT2D eigenvalue weighted by molar-refractivity contribution is 14.0. The van der Waals surface area contributed by atoms with Crippen LogP contribution in [0.15, 0.2) is 62.7 Å². The summed E-state index contributed by atoms with van der Waals surface area (Å²) >= 11 is 0. The quantitative estimate of drug-likeness (QED) is 0.245. The third kappa shape index (κ3) is 6.61. The lowest BCUT2D eigenvalue weighted by molar-refractivity contribution is 0.0996. The van der Waals surface area contributed by atoms with Crippen LogP contribution in [0.4, 0.5) is 5.69 Å². The lowest BCUT2D eigenvalue weighted by atomic mass is 10.1. The molecule has 30 heavy (non-hydrogen) atoms. The number of amides is 1. The van der Waals surface area contributed by atoms with Gasteiger partial charge in [-0.15, -0.1) is 24.0 Å². The van der Waals surface area contributed by atoms with Crippen LogP contribution < -0.4 is 16.0 Å². The molecule has 160 valence electrons. The topological polar surface area (TPSA) is 105 Å². The first-order chi connectivity index (χ1) is 14.0. The molecule has 0 fully saturated rings. The molecule has 0 spiro atoms. The number of benzene rings is 1. The number of carbonyl (C=O) groups excluding carboxylic acids is 1. The molecule has 0 radical (unpaired) electrons. The van der Waals surface area contributed by atoms with E-state index in [0.29, 0.717) is 30.7 Å². The molecule has 2 aromatic heterocycles. The van der Waals surface area contributed by atoms with Gasteiger partial charge in [0.2, 0.25) is 0 Å². The molecule has 3 rings (SSSR count). The van der Waals surface area contributed by atoms with E-state index < -0.39 is 0 Å². The molecule has 0 bridgehead atoms. The van der Waals surface area contributed by atoms with Crippen molar-refractivity contribution in [2.24, 2.45) is 4.99 Å². The summed E-state index contributed by atoms with van der Waals surface area (Å²) in [5.41, 5.74) is 2.61. The van der Waals surface area contributed by atoms with E-state index in [1.807, 2.05) is 30.3 Å². The molecular formula is C21H26IN5O3. The Morgan fingerprint density at radius 3 is 2.60 bits per heavy atom. The van der Waals surface area contributed by atoms with Crippen LogP contribution in [0.2, 0.25) is 0 Å². The molecule has 3 N–H and O–H groups in total. The maximum absolute atomic E-state index is 12.1. The van der Waals surface area contributed by atoms with E-state index in [4.69, 9.17) is 8.94 Å². The highest BCUT2D eigenvalue weighted by Crippen LogP contribution is 2.14. The SMILES string of the molecule is CN=C(NCc1cccc(NC(=O)c2ccco2)c1)NCc1cc(C(C)C)no1.I. The van der Waals surface area contributed by atoms with Crippen molar-refractivity contribution in [3.05, 3.63) is 71.5 Å². The molecule has 0 aliphatic carbocycles. The highest BCUT2D eigenvalue weighted by atomic mass is 127. The molecule has 0 saturated heterocycles. The molecule has 0 saturated carbocycles. The number of guanidine groups is 1. The third-order valence-corrected chi connectivity index (χ3v) is 4.21. The molecule has 2 heterocycles. The number of hydrogen-bond acceptors (Lipinski definition) is 5. The number of aliphatic imine (C=N–C) groups is 1. The van der Waals surface area contributed by atoms with Crippen molar-refractivity contribution in [2.75, 3.05) is 12.4 Å². The second-order valence-corrected chi connectivity index (χ2v) is 6.78. The molecule has 1 aromatic carbocycles. The van der Waals surface area contributed by atoms with Crippen LogP contribution in [-0.2, 0) is 13.1 Å². The van der Waals surface area contributed by atoms with Crippen molar-refractivity contribution < 1.29 is 13.7 Å². The minimum absolute atomic E-state index is 0. The fraction of sp³-hybridized carbons (Fsp3) is 0.286. The fourth-order valence-electron chi connectivity index (χ4n) is 2.62. The zero-order valence-corrected chi connectivity index (χ0v) is 19.5. The maximum atomic E-state index is 12.1. The Labute approximate surface area is 192 Å². The number of aromatic nitrogens is 1. The summed E-state index contributed by atoms with van der Waals surface area (Å²) in [6.45, 7) is 5.16. The Kier molecular flexibility index (Phi) is 8.90. The summed E-state index contributed by atoms with van der Waals surface area (Å²) < 4.78 is 10.4. The third-order valence-electron chi connectivity index (χ3n) is 4.21. The average Bonchev–Trinajstić information content (AvgIpc) is 3.41.